The van der Waals surface area contributed by atoms with Crippen molar-refractivity contribution in [1.82, 2.24) is 14.9 Å². The van der Waals surface area contributed by atoms with Gasteiger partial charge in [-0.15, -0.1) is 0 Å². The highest BCUT2D eigenvalue weighted by molar-refractivity contribution is 7.90. The fourth-order valence-electron chi connectivity index (χ4n) is 2.81. The summed E-state index contributed by atoms with van der Waals surface area (Å²) in [6.45, 7) is 7.07. The van der Waals surface area contributed by atoms with Crippen LogP contribution in [0.5, 0.6) is 0 Å². The van der Waals surface area contributed by atoms with Crippen LogP contribution in [0.25, 0.3) is 11.3 Å². The number of aryl methyl sites for hydroxylation is 1. The molecule has 1 aromatic carbocycles. The van der Waals surface area contributed by atoms with Gasteiger partial charge >= 0.3 is 6.09 Å². The number of hydrogen-bond donors (Lipinski definition) is 0. The average Bonchev–Trinajstić information content (AvgIpc) is 2.89. The third-order valence-corrected chi connectivity index (χ3v) is 4.94. The van der Waals surface area contributed by atoms with Gasteiger partial charge in [0.2, 0.25) is 15.0 Å². The van der Waals surface area contributed by atoms with Gasteiger partial charge in [-0.25, -0.2) is 28.1 Å². The number of carbonyl (C=O) groups excluding carboxylic acids is 2. The largest absolute Gasteiger partial charge is 0.443 e. The van der Waals surface area contributed by atoms with Crippen molar-refractivity contribution in [2.75, 3.05) is 6.26 Å². The SMILES string of the molecule is Cc1cnc(S(C)(=O)=O)nc1-c1ccc2c(c1)C(=O)N(C(=O)OC(C)(C)C)C2. The number of benzene rings is 1. The lowest BCUT2D eigenvalue weighted by molar-refractivity contribution is 0.0248. The van der Waals surface area contributed by atoms with E-state index in [-0.39, 0.29) is 11.7 Å². The van der Waals surface area contributed by atoms with Gasteiger partial charge in [0.15, 0.2) is 0 Å². The molecule has 8 nitrogen and oxygen atoms in total. The van der Waals surface area contributed by atoms with Crippen LogP contribution in [0.4, 0.5) is 4.79 Å². The molecule has 1 aliphatic rings. The van der Waals surface area contributed by atoms with Crippen LogP contribution in [0.1, 0.15) is 42.3 Å². The van der Waals surface area contributed by atoms with E-state index in [1.807, 2.05) is 0 Å². The average molecular weight is 403 g/mol. The molecule has 0 saturated heterocycles. The first-order valence-corrected chi connectivity index (χ1v) is 10.5. The Labute approximate surface area is 163 Å². The van der Waals surface area contributed by atoms with Crippen molar-refractivity contribution >= 4 is 21.8 Å². The number of fused-ring (bicyclic) bond motifs is 1. The predicted octanol–water partition coefficient (Wildman–Crippen LogP) is 2.75. The molecule has 0 aliphatic carbocycles. The minimum atomic E-state index is -3.57. The van der Waals surface area contributed by atoms with Crippen LogP contribution in [-0.2, 0) is 21.1 Å². The molecule has 1 aliphatic heterocycles. The van der Waals surface area contributed by atoms with Gasteiger partial charge in [-0.05, 0) is 44.9 Å². The van der Waals surface area contributed by atoms with Crippen molar-refractivity contribution in [2.45, 2.75) is 45.0 Å². The molecule has 28 heavy (non-hydrogen) atoms. The van der Waals surface area contributed by atoms with Gasteiger partial charge in [0, 0.05) is 23.6 Å². The molecule has 0 radical (unpaired) electrons. The Balaban J connectivity index is 1.98. The van der Waals surface area contributed by atoms with E-state index in [2.05, 4.69) is 9.97 Å². The Bertz CT molecular complexity index is 1090. The van der Waals surface area contributed by atoms with Crippen molar-refractivity contribution in [3.8, 4) is 11.3 Å². The van der Waals surface area contributed by atoms with Crippen LogP contribution in [0, 0.1) is 6.92 Å². The first-order chi connectivity index (χ1) is 12.9. The quantitative estimate of drug-likeness (QED) is 0.710. The summed E-state index contributed by atoms with van der Waals surface area (Å²) in [5, 5.41) is -0.282. The van der Waals surface area contributed by atoms with Crippen LogP contribution in [0.3, 0.4) is 0 Å². The molecule has 0 fully saturated rings. The second kappa shape index (κ2) is 6.66. The normalized spacial score (nSPS) is 14.2. The van der Waals surface area contributed by atoms with Gasteiger partial charge in [0.25, 0.3) is 5.91 Å². The molecule has 2 heterocycles. The minimum Gasteiger partial charge on any atom is -0.443 e. The number of carbonyl (C=O) groups is 2. The molecule has 2 aromatic rings. The predicted molar refractivity (Wildman–Crippen MR) is 101 cm³/mol. The lowest BCUT2D eigenvalue weighted by Gasteiger charge is -2.23. The molecular formula is C19H21N3O5S. The Morgan fingerprint density at radius 1 is 1.25 bits per heavy atom. The van der Waals surface area contributed by atoms with Crippen molar-refractivity contribution in [3.05, 3.63) is 41.1 Å². The number of nitrogens with zero attached hydrogens (tertiary/aromatic N) is 3. The molecular weight excluding hydrogens is 382 g/mol. The van der Waals surface area contributed by atoms with Gasteiger partial charge in [0.05, 0.1) is 12.2 Å². The summed E-state index contributed by atoms with van der Waals surface area (Å²) in [5.41, 5.74) is 2.00. The van der Waals surface area contributed by atoms with E-state index >= 15 is 0 Å². The van der Waals surface area contributed by atoms with Crippen LogP contribution in [0.15, 0.2) is 29.6 Å². The van der Waals surface area contributed by atoms with Crippen LogP contribution in [0.2, 0.25) is 0 Å². The van der Waals surface area contributed by atoms with Gasteiger partial charge in [0.1, 0.15) is 5.60 Å². The van der Waals surface area contributed by atoms with Crippen molar-refractivity contribution in [2.24, 2.45) is 0 Å². The van der Waals surface area contributed by atoms with Crippen LogP contribution >= 0.6 is 0 Å². The van der Waals surface area contributed by atoms with E-state index in [1.54, 1.807) is 45.9 Å². The summed E-state index contributed by atoms with van der Waals surface area (Å²) >= 11 is 0. The van der Waals surface area contributed by atoms with Gasteiger partial charge in [-0.3, -0.25) is 4.79 Å². The lowest BCUT2D eigenvalue weighted by Crippen LogP contribution is -2.36. The molecule has 3 rings (SSSR count). The number of rotatable bonds is 2. The third kappa shape index (κ3) is 3.89. The molecule has 0 atom stereocenters. The van der Waals surface area contributed by atoms with Crippen molar-refractivity contribution < 1.29 is 22.7 Å². The zero-order chi connectivity index (χ0) is 20.9. The monoisotopic (exact) mass is 403 g/mol. The summed E-state index contributed by atoms with van der Waals surface area (Å²) in [7, 11) is -3.57. The maximum absolute atomic E-state index is 12.7. The van der Waals surface area contributed by atoms with E-state index in [0.717, 1.165) is 11.2 Å². The third-order valence-electron chi connectivity index (χ3n) is 4.08. The van der Waals surface area contributed by atoms with Crippen molar-refractivity contribution in [1.29, 1.82) is 0 Å². The number of aromatic nitrogens is 2. The molecule has 0 N–H and O–H groups in total. The topological polar surface area (TPSA) is 107 Å². The highest BCUT2D eigenvalue weighted by Gasteiger charge is 2.35. The molecule has 0 bridgehead atoms. The second-order valence-corrected chi connectivity index (χ2v) is 9.61. The Hall–Kier alpha value is -2.81. The second-order valence-electron chi connectivity index (χ2n) is 7.70. The van der Waals surface area contributed by atoms with Gasteiger partial charge in [-0.1, -0.05) is 12.1 Å². The molecule has 9 heteroatoms. The maximum atomic E-state index is 12.7. The number of amides is 2. The maximum Gasteiger partial charge on any atom is 0.417 e. The number of hydrogen-bond acceptors (Lipinski definition) is 7. The molecule has 0 spiro atoms. The Kier molecular flexibility index (Phi) is 4.74. The molecule has 2 amide bonds. The highest BCUT2D eigenvalue weighted by atomic mass is 32.2. The minimum absolute atomic E-state index is 0.126. The van der Waals surface area contributed by atoms with E-state index < -0.39 is 27.4 Å². The fraction of sp³-hybridized carbons (Fsp3) is 0.368. The smallest absolute Gasteiger partial charge is 0.417 e. The molecule has 1 aromatic heterocycles. The summed E-state index contributed by atoms with van der Waals surface area (Å²) in [5.74, 6) is -0.457. The summed E-state index contributed by atoms with van der Waals surface area (Å²) in [6.07, 6.45) is 1.76. The van der Waals surface area contributed by atoms with Crippen LogP contribution in [-0.4, -0.2) is 47.1 Å². The standard InChI is InChI=1S/C19H21N3O5S/c1-11-9-20-17(28(5,25)26)21-15(11)12-6-7-13-10-22(16(23)14(13)8-12)18(24)27-19(2,3)4/h6-9H,10H2,1-5H3. The molecule has 0 saturated carbocycles. The Morgan fingerprint density at radius 3 is 2.54 bits per heavy atom. The van der Waals surface area contributed by atoms with Gasteiger partial charge < -0.3 is 4.74 Å². The summed E-state index contributed by atoms with van der Waals surface area (Å²) in [4.78, 5) is 34.1. The summed E-state index contributed by atoms with van der Waals surface area (Å²) in [6, 6.07) is 5.09. The number of sulfone groups is 1. The molecule has 148 valence electrons. The number of ether oxygens (including phenoxy) is 1. The van der Waals surface area contributed by atoms with E-state index in [0.29, 0.717) is 27.9 Å². The van der Waals surface area contributed by atoms with E-state index in [9.17, 15) is 18.0 Å². The zero-order valence-corrected chi connectivity index (χ0v) is 17.1. The zero-order valence-electron chi connectivity index (χ0n) is 16.3. The first-order valence-electron chi connectivity index (χ1n) is 8.58. The molecule has 0 unspecified atom stereocenters. The van der Waals surface area contributed by atoms with Gasteiger partial charge in [-0.2, -0.15) is 0 Å². The summed E-state index contributed by atoms with van der Waals surface area (Å²) < 4.78 is 28.8. The highest BCUT2D eigenvalue weighted by Crippen LogP contribution is 2.30. The first kappa shape index (κ1) is 19.9. The number of imide groups is 1. The van der Waals surface area contributed by atoms with E-state index in [1.165, 1.54) is 6.20 Å². The lowest BCUT2D eigenvalue weighted by atomic mass is 10.0. The van der Waals surface area contributed by atoms with E-state index in [4.69, 9.17) is 4.74 Å². The van der Waals surface area contributed by atoms with Crippen LogP contribution < -0.4 is 0 Å². The Morgan fingerprint density at radius 2 is 1.93 bits per heavy atom. The fourth-order valence-corrected chi connectivity index (χ4v) is 3.31. The van der Waals surface area contributed by atoms with Crippen molar-refractivity contribution in [3.63, 3.8) is 0 Å².